The molecule has 156 valence electrons. The molecule has 1 amide bonds. The first kappa shape index (κ1) is 25.4. The second-order valence-electron chi connectivity index (χ2n) is 8.80. The highest BCUT2D eigenvalue weighted by atomic mass is 16.3. The van der Waals surface area contributed by atoms with E-state index in [2.05, 4.69) is 12.2 Å². The summed E-state index contributed by atoms with van der Waals surface area (Å²) in [6, 6.07) is 0. The van der Waals surface area contributed by atoms with Gasteiger partial charge in [0, 0.05) is 25.0 Å². The fourth-order valence-electron chi connectivity index (χ4n) is 3.14. The number of unbranched alkanes of at least 4 members (excludes halogenated alkanes) is 14. The van der Waals surface area contributed by atoms with E-state index in [-0.39, 0.29) is 17.9 Å². The second kappa shape index (κ2) is 17.8. The van der Waals surface area contributed by atoms with Crippen LogP contribution in [0.25, 0.3) is 0 Å². The standard InChI is InChI=1S/C23H47NO2/c1-4-5-6-7-8-9-10-11-12-13-14-15-16-17-18-19-22(26)24-20-23(2,3)21-25/h25H,4-21H2,1-3H3,(H,24,26). The van der Waals surface area contributed by atoms with Crippen LogP contribution in [0.1, 0.15) is 124 Å². The lowest BCUT2D eigenvalue weighted by atomic mass is 9.95. The van der Waals surface area contributed by atoms with Gasteiger partial charge in [0.25, 0.3) is 0 Å². The maximum absolute atomic E-state index is 11.7. The summed E-state index contributed by atoms with van der Waals surface area (Å²) in [6.45, 7) is 6.85. The number of carbonyl (C=O) groups is 1. The number of aliphatic hydroxyl groups is 1. The molecule has 0 aromatic carbocycles. The van der Waals surface area contributed by atoms with Crippen LogP contribution < -0.4 is 5.32 Å². The molecule has 0 heterocycles. The van der Waals surface area contributed by atoms with Crippen molar-refractivity contribution in [1.29, 1.82) is 0 Å². The van der Waals surface area contributed by atoms with E-state index >= 15 is 0 Å². The molecule has 0 unspecified atom stereocenters. The summed E-state index contributed by atoms with van der Waals surface area (Å²) in [5.74, 6) is 0.126. The van der Waals surface area contributed by atoms with Crippen LogP contribution in [0.15, 0.2) is 0 Å². The first-order valence-corrected chi connectivity index (χ1v) is 11.4. The van der Waals surface area contributed by atoms with E-state index in [1.807, 2.05) is 13.8 Å². The third-order valence-electron chi connectivity index (χ3n) is 5.20. The number of hydrogen-bond acceptors (Lipinski definition) is 2. The lowest BCUT2D eigenvalue weighted by Crippen LogP contribution is -2.35. The van der Waals surface area contributed by atoms with Crippen LogP contribution in [0.4, 0.5) is 0 Å². The normalized spacial score (nSPS) is 11.7. The van der Waals surface area contributed by atoms with Crippen LogP contribution >= 0.6 is 0 Å². The maximum atomic E-state index is 11.7. The van der Waals surface area contributed by atoms with Crippen LogP contribution in [-0.4, -0.2) is 24.2 Å². The van der Waals surface area contributed by atoms with Crippen LogP contribution in [0.5, 0.6) is 0 Å². The number of hydrogen-bond donors (Lipinski definition) is 2. The summed E-state index contributed by atoms with van der Waals surface area (Å²) in [4.78, 5) is 11.7. The summed E-state index contributed by atoms with van der Waals surface area (Å²) < 4.78 is 0. The Kier molecular flexibility index (Phi) is 17.4. The summed E-state index contributed by atoms with van der Waals surface area (Å²) >= 11 is 0. The van der Waals surface area contributed by atoms with Crippen LogP contribution in [0, 0.1) is 5.41 Å². The van der Waals surface area contributed by atoms with Gasteiger partial charge in [0.1, 0.15) is 0 Å². The van der Waals surface area contributed by atoms with E-state index in [9.17, 15) is 9.90 Å². The van der Waals surface area contributed by atoms with Crippen molar-refractivity contribution in [2.45, 2.75) is 124 Å². The van der Waals surface area contributed by atoms with Gasteiger partial charge >= 0.3 is 0 Å². The number of carbonyl (C=O) groups excluding carboxylic acids is 1. The predicted octanol–water partition coefficient (Wildman–Crippen LogP) is 6.38. The van der Waals surface area contributed by atoms with Gasteiger partial charge in [0.15, 0.2) is 0 Å². The van der Waals surface area contributed by atoms with Gasteiger partial charge in [0.05, 0.1) is 0 Å². The summed E-state index contributed by atoms with van der Waals surface area (Å²) in [6.07, 6.45) is 20.8. The summed E-state index contributed by atoms with van der Waals surface area (Å²) in [5, 5.41) is 12.1. The van der Waals surface area contributed by atoms with Crippen molar-refractivity contribution in [3.8, 4) is 0 Å². The van der Waals surface area contributed by atoms with Gasteiger partial charge in [-0.05, 0) is 6.42 Å². The lowest BCUT2D eigenvalue weighted by molar-refractivity contribution is -0.121. The van der Waals surface area contributed by atoms with Gasteiger partial charge in [-0.3, -0.25) is 4.79 Å². The van der Waals surface area contributed by atoms with E-state index in [0.717, 1.165) is 12.8 Å². The predicted molar refractivity (Wildman–Crippen MR) is 113 cm³/mol. The van der Waals surface area contributed by atoms with Crippen LogP contribution in [0.3, 0.4) is 0 Å². The van der Waals surface area contributed by atoms with E-state index in [1.165, 1.54) is 83.5 Å². The second-order valence-corrected chi connectivity index (χ2v) is 8.80. The molecule has 0 aliphatic carbocycles. The maximum Gasteiger partial charge on any atom is 0.220 e. The minimum Gasteiger partial charge on any atom is -0.396 e. The molecule has 3 nitrogen and oxygen atoms in total. The number of aliphatic hydroxyl groups excluding tert-OH is 1. The van der Waals surface area contributed by atoms with Gasteiger partial charge in [0.2, 0.25) is 5.91 Å². The smallest absolute Gasteiger partial charge is 0.220 e. The molecule has 0 aromatic heterocycles. The fourth-order valence-corrected chi connectivity index (χ4v) is 3.14. The first-order chi connectivity index (χ1) is 12.5. The topological polar surface area (TPSA) is 49.3 Å². The largest absolute Gasteiger partial charge is 0.396 e. The molecule has 0 aliphatic heterocycles. The minimum absolute atomic E-state index is 0.103. The third kappa shape index (κ3) is 18.2. The van der Waals surface area contributed by atoms with Crippen LogP contribution in [-0.2, 0) is 4.79 Å². The summed E-state index contributed by atoms with van der Waals surface area (Å²) in [5.41, 5.74) is -0.218. The third-order valence-corrected chi connectivity index (χ3v) is 5.20. The Morgan fingerprint density at radius 3 is 1.50 bits per heavy atom. The Bertz CT molecular complexity index is 315. The molecule has 0 saturated heterocycles. The van der Waals surface area contributed by atoms with Crippen molar-refractivity contribution < 1.29 is 9.90 Å². The monoisotopic (exact) mass is 369 g/mol. The quantitative estimate of drug-likeness (QED) is 0.259. The molecule has 0 aromatic rings. The molecule has 26 heavy (non-hydrogen) atoms. The zero-order chi connectivity index (χ0) is 19.5. The Balaban J connectivity index is 3.21. The molecule has 0 saturated carbocycles. The van der Waals surface area contributed by atoms with E-state index in [0.29, 0.717) is 13.0 Å². The highest BCUT2D eigenvalue weighted by Gasteiger charge is 2.17. The van der Waals surface area contributed by atoms with Crippen molar-refractivity contribution >= 4 is 5.91 Å². The molecular weight excluding hydrogens is 322 g/mol. The number of rotatable bonds is 19. The molecule has 0 fully saturated rings. The van der Waals surface area contributed by atoms with Gasteiger partial charge in [-0.2, -0.15) is 0 Å². The molecule has 0 spiro atoms. The Labute approximate surface area is 163 Å². The Morgan fingerprint density at radius 2 is 1.12 bits per heavy atom. The number of amides is 1. The van der Waals surface area contributed by atoms with E-state index in [4.69, 9.17) is 0 Å². The van der Waals surface area contributed by atoms with Gasteiger partial charge in [-0.1, -0.05) is 111 Å². The minimum atomic E-state index is -0.218. The Morgan fingerprint density at radius 1 is 0.731 bits per heavy atom. The van der Waals surface area contributed by atoms with E-state index < -0.39 is 0 Å². The van der Waals surface area contributed by atoms with Crippen molar-refractivity contribution in [1.82, 2.24) is 5.32 Å². The first-order valence-electron chi connectivity index (χ1n) is 11.4. The van der Waals surface area contributed by atoms with Gasteiger partial charge in [-0.25, -0.2) is 0 Å². The Hall–Kier alpha value is -0.570. The average molecular weight is 370 g/mol. The molecule has 0 aliphatic rings. The van der Waals surface area contributed by atoms with Gasteiger partial charge < -0.3 is 10.4 Å². The van der Waals surface area contributed by atoms with Crippen molar-refractivity contribution in [2.75, 3.05) is 13.2 Å². The molecule has 0 bridgehead atoms. The van der Waals surface area contributed by atoms with Crippen molar-refractivity contribution in [3.63, 3.8) is 0 Å². The van der Waals surface area contributed by atoms with Gasteiger partial charge in [-0.15, -0.1) is 0 Å². The molecule has 3 heteroatoms. The summed E-state index contributed by atoms with van der Waals surface area (Å²) in [7, 11) is 0. The van der Waals surface area contributed by atoms with Crippen molar-refractivity contribution in [2.24, 2.45) is 5.41 Å². The average Bonchev–Trinajstić information content (AvgIpc) is 2.63. The van der Waals surface area contributed by atoms with E-state index in [1.54, 1.807) is 0 Å². The molecular formula is C23H47NO2. The lowest BCUT2D eigenvalue weighted by Gasteiger charge is -2.21. The van der Waals surface area contributed by atoms with Crippen molar-refractivity contribution in [3.05, 3.63) is 0 Å². The molecule has 0 radical (unpaired) electrons. The highest BCUT2D eigenvalue weighted by molar-refractivity contribution is 5.75. The zero-order valence-electron chi connectivity index (χ0n) is 18.1. The number of nitrogens with one attached hydrogen (secondary N) is 1. The zero-order valence-corrected chi connectivity index (χ0v) is 18.1. The molecule has 2 N–H and O–H groups in total. The fraction of sp³-hybridized carbons (Fsp3) is 0.957. The molecule has 0 rings (SSSR count). The van der Waals surface area contributed by atoms with Crippen LogP contribution in [0.2, 0.25) is 0 Å². The highest BCUT2D eigenvalue weighted by Crippen LogP contribution is 2.14. The molecule has 0 atom stereocenters. The SMILES string of the molecule is CCCCCCCCCCCCCCCCCC(=O)NCC(C)(C)CO.